The summed E-state index contributed by atoms with van der Waals surface area (Å²) in [6.45, 7) is 0. The lowest BCUT2D eigenvalue weighted by molar-refractivity contribution is 0.0706. The standard InChI is InChI=1S/C15H13N3O5/c19-12-4-5-13(20)11(7-12)8-16-17-14(21)9-2-1-3-10(6-9)15(22)18-23/h1-8,19-20,23H,(H,17,21)(H,18,22)/b16-8+. The number of amides is 2. The molecule has 0 unspecified atom stereocenters. The number of nitrogens with zero attached hydrogens (tertiary/aromatic N) is 1. The number of hydrogen-bond donors (Lipinski definition) is 5. The number of nitrogens with one attached hydrogen (secondary N) is 2. The fourth-order valence-electron chi connectivity index (χ4n) is 1.74. The highest BCUT2D eigenvalue weighted by Crippen LogP contribution is 2.19. The van der Waals surface area contributed by atoms with Crippen LogP contribution < -0.4 is 10.9 Å². The zero-order valence-corrected chi connectivity index (χ0v) is 11.7. The quantitative estimate of drug-likeness (QED) is 0.248. The number of phenols is 2. The number of hydroxylamine groups is 1. The molecular weight excluding hydrogens is 302 g/mol. The summed E-state index contributed by atoms with van der Waals surface area (Å²) in [5.41, 5.74) is 4.18. The van der Waals surface area contributed by atoms with Crippen molar-refractivity contribution in [2.75, 3.05) is 0 Å². The highest BCUT2D eigenvalue weighted by molar-refractivity contribution is 5.99. The molecule has 0 radical (unpaired) electrons. The molecule has 8 heteroatoms. The Hall–Kier alpha value is -3.39. The summed E-state index contributed by atoms with van der Waals surface area (Å²) < 4.78 is 0. The fraction of sp³-hybridized carbons (Fsp3) is 0. The summed E-state index contributed by atoms with van der Waals surface area (Å²) >= 11 is 0. The van der Waals surface area contributed by atoms with Crippen molar-refractivity contribution in [1.29, 1.82) is 0 Å². The van der Waals surface area contributed by atoms with Gasteiger partial charge >= 0.3 is 0 Å². The number of carbonyl (C=O) groups is 2. The Morgan fingerprint density at radius 3 is 2.39 bits per heavy atom. The van der Waals surface area contributed by atoms with Crippen LogP contribution in [0.15, 0.2) is 47.6 Å². The van der Waals surface area contributed by atoms with Gasteiger partial charge in [-0.2, -0.15) is 5.10 Å². The Balaban J connectivity index is 2.09. The molecule has 0 aromatic heterocycles. The van der Waals surface area contributed by atoms with Gasteiger partial charge in [0.15, 0.2) is 0 Å². The Bertz CT molecular complexity index is 773. The molecule has 0 aliphatic heterocycles. The monoisotopic (exact) mass is 315 g/mol. The molecule has 2 aromatic rings. The van der Waals surface area contributed by atoms with Gasteiger partial charge in [0, 0.05) is 16.7 Å². The van der Waals surface area contributed by atoms with E-state index in [9.17, 15) is 19.8 Å². The van der Waals surface area contributed by atoms with Crippen molar-refractivity contribution in [3.05, 3.63) is 59.2 Å². The van der Waals surface area contributed by atoms with Gasteiger partial charge in [-0.1, -0.05) is 6.07 Å². The van der Waals surface area contributed by atoms with E-state index >= 15 is 0 Å². The van der Waals surface area contributed by atoms with E-state index in [2.05, 4.69) is 10.5 Å². The van der Waals surface area contributed by atoms with Crippen LogP contribution in [0.2, 0.25) is 0 Å². The Kier molecular flexibility index (Phi) is 4.90. The smallest absolute Gasteiger partial charge is 0.274 e. The minimum atomic E-state index is -0.743. The van der Waals surface area contributed by atoms with E-state index in [1.165, 1.54) is 47.9 Å². The van der Waals surface area contributed by atoms with E-state index < -0.39 is 11.8 Å². The van der Waals surface area contributed by atoms with Crippen LogP contribution in [0.3, 0.4) is 0 Å². The number of hydrogen-bond acceptors (Lipinski definition) is 6. The molecule has 0 fully saturated rings. The van der Waals surface area contributed by atoms with Gasteiger partial charge < -0.3 is 10.2 Å². The molecule has 0 saturated heterocycles. The Morgan fingerprint density at radius 1 is 1.00 bits per heavy atom. The van der Waals surface area contributed by atoms with Crippen molar-refractivity contribution in [3.63, 3.8) is 0 Å². The highest BCUT2D eigenvalue weighted by atomic mass is 16.5. The summed E-state index contributed by atoms with van der Waals surface area (Å²) in [5.74, 6) is -1.50. The van der Waals surface area contributed by atoms with Crippen molar-refractivity contribution >= 4 is 18.0 Å². The third-order valence-electron chi connectivity index (χ3n) is 2.87. The van der Waals surface area contributed by atoms with Crippen LogP contribution in [0.25, 0.3) is 0 Å². The van der Waals surface area contributed by atoms with E-state index in [-0.39, 0.29) is 28.2 Å². The third kappa shape index (κ3) is 4.05. The minimum Gasteiger partial charge on any atom is -0.508 e. The summed E-state index contributed by atoms with van der Waals surface area (Å²) in [6.07, 6.45) is 1.16. The Morgan fingerprint density at radius 2 is 1.70 bits per heavy atom. The van der Waals surface area contributed by atoms with Gasteiger partial charge in [-0.15, -0.1) is 0 Å². The van der Waals surface area contributed by atoms with Gasteiger partial charge in [-0.25, -0.2) is 10.9 Å². The molecule has 0 aliphatic rings. The lowest BCUT2D eigenvalue weighted by Crippen LogP contribution is -2.21. The van der Waals surface area contributed by atoms with Gasteiger partial charge in [0.1, 0.15) is 11.5 Å². The van der Waals surface area contributed by atoms with Crippen LogP contribution in [0.4, 0.5) is 0 Å². The molecule has 118 valence electrons. The molecule has 23 heavy (non-hydrogen) atoms. The molecule has 2 aromatic carbocycles. The van der Waals surface area contributed by atoms with Crippen molar-refractivity contribution in [2.24, 2.45) is 5.10 Å². The van der Waals surface area contributed by atoms with Crippen LogP contribution >= 0.6 is 0 Å². The molecular formula is C15H13N3O5. The molecule has 8 nitrogen and oxygen atoms in total. The van der Waals surface area contributed by atoms with Gasteiger partial charge in [0.05, 0.1) is 6.21 Å². The van der Waals surface area contributed by atoms with E-state index in [4.69, 9.17) is 5.21 Å². The van der Waals surface area contributed by atoms with Crippen molar-refractivity contribution < 1.29 is 25.0 Å². The minimum absolute atomic E-state index is 0.0571. The van der Waals surface area contributed by atoms with Gasteiger partial charge in [0.2, 0.25) is 0 Å². The molecule has 0 aliphatic carbocycles. The molecule has 0 spiro atoms. The Labute approximate surface area is 130 Å². The molecule has 2 amide bonds. The lowest BCUT2D eigenvalue weighted by atomic mass is 10.1. The van der Waals surface area contributed by atoms with E-state index in [0.717, 1.165) is 6.21 Å². The van der Waals surface area contributed by atoms with Crippen LogP contribution in [-0.2, 0) is 0 Å². The first-order valence-corrected chi connectivity index (χ1v) is 6.41. The topological polar surface area (TPSA) is 131 Å². The second kappa shape index (κ2) is 7.05. The summed E-state index contributed by atoms with van der Waals surface area (Å²) in [7, 11) is 0. The zero-order valence-electron chi connectivity index (χ0n) is 11.7. The molecule has 5 N–H and O–H groups in total. The predicted molar refractivity (Wildman–Crippen MR) is 80.5 cm³/mol. The first-order chi connectivity index (χ1) is 11.0. The van der Waals surface area contributed by atoms with Crippen molar-refractivity contribution in [3.8, 4) is 11.5 Å². The number of hydrazone groups is 1. The largest absolute Gasteiger partial charge is 0.508 e. The lowest BCUT2D eigenvalue weighted by Gasteiger charge is -2.03. The summed E-state index contributed by atoms with van der Waals surface area (Å²) in [6, 6.07) is 9.52. The normalized spacial score (nSPS) is 10.5. The number of benzene rings is 2. The maximum absolute atomic E-state index is 11.9. The maximum Gasteiger partial charge on any atom is 0.274 e. The first-order valence-electron chi connectivity index (χ1n) is 6.41. The molecule has 2 rings (SSSR count). The summed E-state index contributed by atoms with van der Waals surface area (Å²) in [5, 5.41) is 31.1. The molecule has 0 bridgehead atoms. The average Bonchev–Trinajstić information content (AvgIpc) is 2.57. The number of phenolic OH excluding ortho intramolecular Hbond substituents is 2. The molecule has 0 atom stereocenters. The molecule has 0 heterocycles. The van der Waals surface area contributed by atoms with Crippen LogP contribution in [0.5, 0.6) is 11.5 Å². The van der Waals surface area contributed by atoms with Crippen LogP contribution in [0, 0.1) is 0 Å². The summed E-state index contributed by atoms with van der Waals surface area (Å²) in [4.78, 5) is 23.2. The van der Waals surface area contributed by atoms with E-state index in [1.54, 1.807) is 0 Å². The van der Waals surface area contributed by atoms with E-state index in [0.29, 0.717) is 0 Å². The first kappa shape index (κ1) is 16.0. The SMILES string of the molecule is O=C(NO)c1cccc(C(=O)N/N=C/c2cc(O)ccc2O)c1. The van der Waals surface area contributed by atoms with E-state index in [1.807, 2.05) is 0 Å². The molecule has 0 saturated carbocycles. The fourth-order valence-corrected chi connectivity index (χ4v) is 1.74. The highest BCUT2D eigenvalue weighted by Gasteiger charge is 2.09. The van der Waals surface area contributed by atoms with Crippen LogP contribution in [0.1, 0.15) is 26.3 Å². The van der Waals surface area contributed by atoms with Gasteiger partial charge in [-0.3, -0.25) is 14.8 Å². The third-order valence-corrected chi connectivity index (χ3v) is 2.87. The number of carbonyl (C=O) groups excluding carboxylic acids is 2. The number of rotatable bonds is 4. The zero-order chi connectivity index (χ0) is 16.8. The maximum atomic E-state index is 11.9. The van der Waals surface area contributed by atoms with Crippen molar-refractivity contribution in [1.82, 2.24) is 10.9 Å². The second-order valence-electron chi connectivity index (χ2n) is 4.46. The second-order valence-corrected chi connectivity index (χ2v) is 4.46. The van der Waals surface area contributed by atoms with Gasteiger partial charge in [-0.05, 0) is 36.4 Å². The van der Waals surface area contributed by atoms with Crippen LogP contribution in [-0.4, -0.2) is 33.4 Å². The van der Waals surface area contributed by atoms with Gasteiger partial charge in [0.25, 0.3) is 11.8 Å². The number of aromatic hydroxyl groups is 2. The predicted octanol–water partition coefficient (Wildman–Crippen LogP) is 0.981. The van der Waals surface area contributed by atoms with Crippen molar-refractivity contribution in [2.45, 2.75) is 0 Å². The average molecular weight is 315 g/mol.